The maximum Gasteiger partial charge on any atom is 0.435 e. The Morgan fingerprint density at radius 2 is 2.05 bits per heavy atom. The van der Waals surface area contributed by atoms with Crippen molar-refractivity contribution in [1.29, 1.82) is 0 Å². The predicted molar refractivity (Wildman–Crippen MR) is 58.0 cm³/mol. The molecule has 0 saturated carbocycles. The van der Waals surface area contributed by atoms with Crippen molar-refractivity contribution in [2.24, 2.45) is 7.05 Å². The summed E-state index contributed by atoms with van der Waals surface area (Å²) in [5, 5.41) is 17.8. The highest BCUT2D eigenvalue weighted by molar-refractivity contribution is 5.26. The second-order valence-electron chi connectivity index (χ2n) is 3.71. The molecule has 2 rings (SSSR count). The van der Waals surface area contributed by atoms with Crippen LogP contribution in [0.1, 0.15) is 5.69 Å². The van der Waals surface area contributed by atoms with E-state index in [-0.39, 0.29) is 22.4 Å². The number of alkyl halides is 3. The van der Waals surface area contributed by atoms with Gasteiger partial charge in [0.05, 0.1) is 18.3 Å². The second kappa shape index (κ2) is 4.87. The molecule has 20 heavy (non-hydrogen) atoms. The third-order valence-corrected chi connectivity index (χ3v) is 2.27. The summed E-state index contributed by atoms with van der Waals surface area (Å²) in [6, 6.07) is 1.96. The molecule has 2 heterocycles. The van der Waals surface area contributed by atoms with E-state index in [0.29, 0.717) is 6.07 Å². The summed E-state index contributed by atoms with van der Waals surface area (Å²) >= 11 is 0. The minimum Gasteiger partial charge on any atom is -0.594 e. The molecule has 108 valence electrons. The number of nitrogens with zero attached hydrogens (tertiary/aromatic N) is 4. The summed E-state index contributed by atoms with van der Waals surface area (Å²) in [5.41, 5.74) is -1.10. The average molecular weight is 290 g/mol. The smallest absolute Gasteiger partial charge is 0.435 e. The van der Waals surface area contributed by atoms with Gasteiger partial charge in [-0.15, -0.1) is 0 Å². The van der Waals surface area contributed by atoms with Crippen molar-refractivity contribution in [3.8, 4) is 17.5 Å². The van der Waals surface area contributed by atoms with Crippen molar-refractivity contribution in [3.63, 3.8) is 0 Å². The fraction of sp³-hybridized carbons (Fsp3) is 0.300. The van der Waals surface area contributed by atoms with Crippen molar-refractivity contribution < 1.29 is 27.5 Å². The highest BCUT2D eigenvalue weighted by atomic mass is 19.4. The zero-order chi connectivity index (χ0) is 14.9. The molecule has 0 radical (unpaired) electrons. The molecule has 0 aliphatic rings. The van der Waals surface area contributed by atoms with Gasteiger partial charge in [0.1, 0.15) is 0 Å². The van der Waals surface area contributed by atoms with Crippen LogP contribution in [-0.2, 0) is 13.2 Å². The standard InChI is InChI=1S/C10H9F3N4O3/c1-16-9(4-7(14-16)10(11,12)13)20-8-3-6(19-2)5-17(18)15-8/h3-5H,1-2H3. The number of rotatable bonds is 3. The van der Waals surface area contributed by atoms with Gasteiger partial charge in [-0.2, -0.15) is 18.3 Å². The Morgan fingerprint density at radius 3 is 2.60 bits per heavy atom. The van der Waals surface area contributed by atoms with E-state index in [1.165, 1.54) is 20.2 Å². The zero-order valence-electron chi connectivity index (χ0n) is 10.4. The highest BCUT2D eigenvalue weighted by Crippen LogP contribution is 2.31. The lowest BCUT2D eigenvalue weighted by Crippen LogP contribution is -2.30. The molecule has 10 heteroatoms. The largest absolute Gasteiger partial charge is 0.594 e. The molecule has 0 bridgehead atoms. The lowest BCUT2D eigenvalue weighted by Gasteiger charge is -2.04. The van der Waals surface area contributed by atoms with Gasteiger partial charge in [0.15, 0.2) is 11.4 Å². The van der Waals surface area contributed by atoms with E-state index in [1.54, 1.807) is 0 Å². The maximum atomic E-state index is 12.5. The van der Waals surface area contributed by atoms with Crippen LogP contribution in [0.4, 0.5) is 13.2 Å². The van der Waals surface area contributed by atoms with Gasteiger partial charge in [0.2, 0.25) is 5.88 Å². The molecular formula is C10H9F3N4O3. The van der Waals surface area contributed by atoms with Crippen molar-refractivity contribution >= 4 is 0 Å². The van der Waals surface area contributed by atoms with Crippen molar-refractivity contribution in [3.05, 3.63) is 29.2 Å². The fourth-order valence-corrected chi connectivity index (χ4v) is 1.38. The van der Waals surface area contributed by atoms with Crippen LogP contribution < -0.4 is 14.3 Å². The fourth-order valence-electron chi connectivity index (χ4n) is 1.38. The zero-order valence-corrected chi connectivity index (χ0v) is 10.4. The SMILES string of the molecule is COc1cc(Oc2cc(C(F)(F)F)nn2C)n[n+]([O-])c1. The van der Waals surface area contributed by atoms with E-state index in [9.17, 15) is 18.4 Å². The van der Waals surface area contributed by atoms with Gasteiger partial charge in [-0.05, 0) is 0 Å². The van der Waals surface area contributed by atoms with Crippen molar-refractivity contribution in [2.75, 3.05) is 7.11 Å². The van der Waals surface area contributed by atoms with E-state index >= 15 is 0 Å². The summed E-state index contributed by atoms with van der Waals surface area (Å²) < 4.78 is 48.2. The summed E-state index contributed by atoms with van der Waals surface area (Å²) in [4.78, 5) is 0.176. The molecule has 0 unspecified atom stereocenters. The number of aromatic nitrogens is 4. The molecule has 0 spiro atoms. The van der Waals surface area contributed by atoms with Gasteiger partial charge in [0.25, 0.3) is 12.1 Å². The molecule has 7 nitrogen and oxygen atoms in total. The Labute approximate surface area is 110 Å². The first-order chi connectivity index (χ1) is 9.29. The monoisotopic (exact) mass is 290 g/mol. The van der Waals surface area contributed by atoms with Crippen molar-refractivity contribution in [2.45, 2.75) is 6.18 Å². The van der Waals surface area contributed by atoms with E-state index in [1.807, 2.05) is 0 Å². The van der Waals surface area contributed by atoms with Gasteiger partial charge in [-0.3, -0.25) is 0 Å². The average Bonchev–Trinajstić information content (AvgIpc) is 2.70. The molecule has 2 aromatic heterocycles. The lowest BCUT2D eigenvalue weighted by molar-refractivity contribution is -0.670. The Bertz CT molecular complexity index is 627. The van der Waals surface area contributed by atoms with Crippen molar-refractivity contribution in [1.82, 2.24) is 14.9 Å². The number of halogens is 3. The van der Waals surface area contributed by atoms with Gasteiger partial charge in [0, 0.05) is 13.1 Å². The van der Waals surface area contributed by atoms with Gasteiger partial charge in [-0.1, -0.05) is 4.85 Å². The quantitative estimate of drug-likeness (QED) is 0.628. The van der Waals surface area contributed by atoms with Gasteiger partial charge < -0.3 is 14.7 Å². The molecule has 0 N–H and O–H groups in total. The highest BCUT2D eigenvalue weighted by Gasteiger charge is 2.35. The Kier molecular flexibility index (Phi) is 3.38. The molecule has 0 saturated heterocycles. The summed E-state index contributed by atoms with van der Waals surface area (Å²) in [6.45, 7) is 0. The molecule has 2 aromatic rings. The maximum absolute atomic E-state index is 12.5. The van der Waals surface area contributed by atoms with Crippen LogP contribution in [0, 0.1) is 5.21 Å². The van der Waals surface area contributed by atoms with E-state index in [2.05, 4.69) is 10.2 Å². The summed E-state index contributed by atoms with van der Waals surface area (Å²) in [6.07, 6.45) is -3.54. The number of methoxy groups -OCH3 is 1. The molecule has 0 aromatic carbocycles. The van der Waals surface area contributed by atoms with Crippen LogP contribution >= 0.6 is 0 Å². The molecule has 0 atom stereocenters. The minimum atomic E-state index is -4.58. The van der Waals surface area contributed by atoms with E-state index in [4.69, 9.17) is 9.47 Å². The van der Waals surface area contributed by atoms with Gasteiger partial charge >= 0.3 is 6.18 Å². The summed E-state index contributed by atoms with van der Waals surface area (Å²) in [5.74, 6) is -0.266. The van der Waals surface area contributed by atoms with Crippen LogP contribution in [0.5, 0.6) is 17.5 Å². The molecule has 0 aliphatic heterocycles. The topological polar surface area (TPSA) is 76.1 Å². The van der Waals surface area contributed by atoms with E-state index < -0.39 is 11.9 Å². The first-order valence-corrected chi connectivity index (χ1v) is 5.24. The van der Waals surface area contributed by atoms with Crippen LogP contribution in [-0.4, -0.2) is 22.0 Å². The Hall–Kier alpha value is -2.52. The molecular weight excluding hydrogens is 281 g/mol. The van der Waals surface area contributed by atoms with Crippen LogP contribution in [0.3, 0.4) is 0 Å². The molecule has 0 aliphatic carbocycles. The first-order valence-electron chi connectivity index (χ1n) is 5.24. The van der Waals surface area contributed by atoms with Crippen LogP contribution in [0.15, 0.2) is 18.3 Å². The summed E-state index contributed by atoms with van der Waals surface area (Å²) in [7, 11) is 2.60. The van der Waals surface area contributed by atoms with Crippen LogP contribution in [0.2, 0.25) is 0 Å². The Balaban J connectivity index is 2.30. The second-order valence-corrected chi connectivity index (χ2v) is 3.71. The normalized spacial score (nSPS) is 11.4. The van der Waals surface area contributed by atoms with E-state index in [0.717, 1.165) is 10.9 Å². The third-order valence-electron chi connectivity index (χ3n) is 2.27. The minimum absolute atomic E-state index is 0.156. The number of aryl methyl sites for hydroxylation is 1. The molecule has 0 amide bonds. The number of ether oxygens (including phenoxy) is 2. The molecule has 0 fully saturated rings. The predicted octanol–water partition coefficient (Wildman–Crippen LogP) is 1.27. The van der Waals surface area contributed by atoms with Gasteiger partial charge in [-0.25, -0.2) is 4.68 Å². The number of hydrogen-bond donors (Lipinski definition) is 0. The Morgan fingerprint density at radius 1 is 1.35 bits per heavy atom. The number of hydrogen-bond acceptors (Lipinski definition) is 5. The van der Waals surface area contributed by atoms with Crippen LogP contribution in [0.25, 0.3) is 0 Å². The first kappa shape index (κ1) is 13.9. The lowest BCUT2D eigenvalue weighted by atomic mass is 10.4. The third kappa shape index (κ3) is 2.90.